The average Bonchev–Trinajstić information content (AvgIpc) is 3.41. The summed E-state index contributed by atoms with van der Waals surface area (Å²) >= 11 is 5.92. The van der Waals surface area contributed by atoms with Crippen molar-refractivity contribution in [2.24, 2.45) is 0 Å². The monoisotopic (exact) mass is 477 g/mol. The maximum Gasteiger partial charge on any atom is 0.227 e. The minimum absolute atomic E-state index is 0.0786. The molecule has 4 aromatic rings. The highest BCUT2D eigenvalue weighted by Gasteiger charge is 2.35. The number of halogens is 2. The normalized spacial score (nSPS) is 15.9. The summed E-state index contributed by atoms with van der Waals surface area (Å²) in [6.45, 7) is 1.79. The molecule has 1 aliphatic rings. The lowest BCUT2D eigenvalue weighted by Gasteiger charge is -2.18. The van der Waals surface area contributed by atoms with Gasteiger partial charge in [0, 0.05) is 30.5 Å². The smallest absolute Gasteiger partial charge is 0.227 e. The van der Waals surface area contributed by atoms with Crippen LogP contribution in [0.2, 0.25) is 5.02 Å². The molecule has 1 unspecified atom stereocenters. The highest BCUT2D eigenvalue weighted by molar-refractivity contribution is 6.30. The highest BCUT2D eigenvalue weighted by atomic mass is 35.5. The van der Waals surface area contributed by atoms with Crippen LogP contribution < -0.4 is 9.64 Å². The van der Waals surface area contributed by atoms with Crippen LogP contribution in [0.1, 0.15) is 31.0 Å². The van der Waals surface area contributed by atoms with Gasteiger partial charge in [0.1, 0.15) is 17.4 Å². The second-order valence-corrected chi connectivity index (χ2v) is 8.91. The molecule has 0 aliphatic carbocycles. The molecule has 1 atom stereocenters. The van der Waals surface area contributed by atoms with Crippen molar-refractivity contribution in [3.05, 3.63) is 89.5 Å². The van der Waals surface area contributed by atoms with Crippen LogP contribution in [0.25, 0.3) is 11.0 Å². The fourth-order valence-corrected chi connectivity index (χ4v) is 4.64. The molecule has 5 nitrogen and oxygen atoms in total. The van der Waals surface area contributed by atoms with E-state index in [1.54, 1.807) is 23.1 Å². The summed E-state index contributed by atoms with van der Waals surface area (Å²) in [6.07, 6.45) is 2.09. The predicted octanol–water partition coefficient (Wildman–Crippen LogP) is 6.21. The number of carbonyl (C=O) groups is 1. The molecular formula is C27H25ClFN3O2. The van der Waals surface area contributed by atoms with Crippen molar-refractivity contribution >= 4 is 34.2 Å². The number of aromatic nitrogens is 2. The number of ether oxygens (including phenoxy) is 1. The number of hydrogen-bond acceptors (Lipinski definition) is 3. The molecule has 0 N–H and O–H groups in total. The number of aryl methyl sites for hydroxylation is 1. The maximum atomic E-state index is 14.3. The molecule has 2 heterocycles. The largest absolute Gasteiger partial charge is 0.494 e. The van der Waals surface area contributed by atoms with Crippen molar-refractivity contribution in [3.63, 3.8) is 0 Å². The zero-order valence-corrected chi connectivity index (χ0v) is 19.4. The number of imidazole rings is 1. The van der Waals surface area contributed by atoms with Gasteiger partial charge in [-0.3, -0.25) is 4.79 Å². The van der Waals surface area contributed by atoms with Crippen molar-refractivity contribution in [2.75, 3.05) is 18.1 Å². The number of nitrogens with zero attached hydrogens (tertiary/aromatic N) is 3. The van der Waals surface area contributed by atoms with Gasteiger partial charge in [0.25, 0.3) is 0 Å². The van der Waals surface area contributed by atoms with Crippen molar-refractivity contribution in [2.45, 2.75) is 31.7 Å². The topological polar surface area (TPSA) is 47.4 Å². The van der Waals surface area contributed by atoms with Crippen LogP contribution in [-0.4, -0.2) is 28.6 Å². The first-order chi connectivity index (χ1) is 16.6. The molecule has 1 amide bonds. The highest BCUT2D eigenvalue weighted by Crippen LogP contribution is 2.34. The molecule has 0 bridgehead atoms. The summed E-state index contributed by atoms with van der Waals surface area (Å²) in [7, 11) is 0. The predicted molar refractivity (Wildman–Crippen MR) is 132 cm³/mol. The van der Waals surface area contributed by atoms with Crippen molar-refractivity contribution in [1.82, 2.24) is 9.55 Å². The van der Waals surface area contributed by atoms with E-state index in [0.29, 0.717) is 30.3 Å². The van der Waals surface area contributed by atoms with Crippen molar-refractivity contribution in [3.8, 4) is 5.75 Å². The average molecular weight is 478 g/mol. The Balaban J connectivity index is 1.30. The van der Waals surface area contributed by atoms with Crippen LogP contribution in [0.4, 0.5) is 10.1 Å². The van der Waals surface area contributed by atoms with E-state index in [2.05, 4.69) is 10.6 Å². The summed E-state index contributed by atoms with van der Waals surface area (Å²) in [6, 6.07) is 21.8. The molecular weight excluding hydrogens is 453 g/mol. The Hall–Kier alpha value is -3.38. The second-order valence-electron chi connectivity index (χ2n) is 8.48. The number of rotatable bonds is 8. The van der Waals surface area contributed by atoms with E-state index in [1.165, 1.54) is 6.07 Å². The number of hydrogen-bond donors (Lipinski definition) is 0. The Morgan fingerprint density at radius 3 is 2.59 bits per heavy atom. The lowest BCUT2D eigenvalue weighted by atomic mass is 10.1. The molecule has 1 aliphatic heterocycles. The van der Waals surface area contributed by atoms with Crippen LogP contribution >= 0.6 is 11.6 Å². The Kier molecular flexibility index (Phi) is 6.50. The minimum atomic E-state index is -0.384. The van der Waals surface area contributed by atoms with Crippen molar-refractivity contribution < 1.29 is 13.9 Å². The maximum absolute atomic E-state index is 14.3. The Morgan fingerprint density at radius 2 is 1.76 bits per heavy atom. The number of carbonyl (C=O) groups excluding carboxylic acids is 1. The van der Waals surface area contributed by atoms with Gasteiger partial charge in [0.15, 0.2) is 0 Å². The fourth-order valence-electron chi connectivity index (χ4n) is 4.52. The zero-order chi connectivity index (χ0) is 23.5. The summed E-state index contributed by atoms with van der Waals surface area (Å²) in [4.78, 5) is 19.2. The Bertz CT molecular complexity index is 1300. The number of benzene rings is 3. The molecule has 0 saturated carbocycles. The van der Waals surface area contributed by atoms with E-state index in [0.717, 1.165) is 42.0 Å². The number of para-hydroxylation sites is 3. The number of amides is 1. The van der Waals surface area contributed by atoms with E-state index in [9.17, 15) is 9.18 Å². The van der Waals surface area contributed by atoms with E-state index < -0.39 is 0 Å². The minimum Gasteiger partial charge on any atom is -0.494 e. The van der Waals surface area contributed by atoms with Gasteiger partial charge in [-0.05, 0) is 61.4 Å². The fraction of sp³-hybridized carbons (Fsp3) is 0.259. The molecule has 34 heavy (non-hydrogen) atoms. The van der Waals surface area contributed by atoms with Crippen LogP contribution in [0.15, 0.2) is 72.8 Å². The number of fused-ring (bicyclic) bond motifs is 1. The third kappa shape index (κ3) is 4.64. The first-order valence-electron chi connectivity index (χ1n) is 11.5. The number of anilines is 1. The van der Waals surface area contributed by atoms with Crippen LogP contribution in [0.5, 0.6) is 5.75 Å². The Morgan fingerprint density at radius 1 is 1.00 bits per heavy atom. The molecule has 7 heteroatoms. The lowest BCUT2D eigenvalue weighted by Crippen LogP contribution is -2.25. The quantitative estimate of drug-likeness (QED) is 0.283. The van der Waals surface area contributed by atoms with E-state index in [1.807, 2.05) is 42.5 Å². The van der Waals surface area contributed by atoms with Gasteiger partial charge in [0.05, 0.1) is 23.3 Å². The second kappa shape index (κ2) is 9.85. The van der Waals surface area contributed by atoms with Gasteiger partial charge in [-0.15, -0.1) is 0 Å². The van der Waals surface area contributed by atoms with Gasteiger partial charge < -0.3 is 14.2 Å². The SMILES string of the molecule is O=C1CC(c2nc3ccccc3n2CCCCOc2ccc(Cl)cc2)CN1c1ccccc1F. The summed E-state index contributed by atoms with van der Waals surface area (Å²) in [5, 5.41) is 0.686. The Labute approximate surface area is 202 Å². The van der Waals surface area contributed by atoms with Gasteiger partial charge in [-0.1, -0.05) is 35.9 Å². The van der Waals surface area contributed by atoms with E-state index in [4.69, 9.17) is 21.3 Å². The first kappa shape index (κ1) is 22.4. The van der Waals surface area contributed by atoms with Gasteiger partial charge >= 0.3 is 0 Å². The molecule has 0 radical (unpaired) electrons. The third-order valence-electron chi connectivity index (χ3n) is 6.18. The van der Waals surface area contributed by atoms with E-state index >= 15 is 0 Å². The summed E-state index contributed by atoms with van der Waals surface area (Å²) < 4.78 is 22.4. The molecule has 0 spiro atoms. The number of unbranched alkanes of at least 4 members (excludes halogenated alkanes) is 1. The van der Waals surface area contributed by atoms with Crippen molar-refractivity contribution in [1.29, 1.82) is 0 Å². The molecule has 1 aromatic heterocycles. The lowest BCUT2D eigenvalue weighted by molar-refractivity contribution is -0.117. The van der Waals surface area contributed by atoms with Gasteiger partial charge in [-0.2, -0.15) is 0 Å². The van der Waals surface area contributed by atoms with Crippen LogP contribution in [0.3, 0.4) is 0 Å². The molecule has 1 saturated heterocycles. The van der Waals surface area contributed by atoms with Crippen LogP contribution in [-0.2, 0) is 11.3 Å². The van der Waals surface area contributed by atoms with Gasteiger partial charge in [-0.25, -0.2) is 9.37 Å². The standard InChI is InChI=1S/C27H25ClFN3O2/c28-20-11-13-21(14-12-20)34-16-6-5-15-31-25-10-4-2-8-23(25)30-27(31)19-17-26(33)32(18-19)24-9-3-1-7-22(24)29/h1-4,7-14,19H,5-6,15-18H2. The van der Waals surface area contributed by atoms with Crippen LogP contribution in [0, 0.1) is 5.82 Å². The molecule has 174 valence electrons. The first-order valence-corrected chi connectivity index (χ1v) is 11.9. The third-order valence-corrected chi connectivity index (χ3v) is 6.43. The summed E-state index contributed by atoms with van der Waals surface area (Å²) in [5.74, 6) is 1.13. The van der Waals surface area contributed by atoms with E-state index in [-0.39, 0.29) is 17.6 Å². The zero-order valence-electron chi connectivity index (χ0n) is 18.7. The van der Waals surface area contributed by atoms with Gasteiger partial charge in [0.2, 0.25) is 5.91 Å². The molecule has 3 aromatic carbocycles. The molecule has 5 rings (SSSR count). The molecule has 1 fully saturated rings. The summed E-state index contributed by atoms with van der Waals surface area (Å²) in [5.41, 5.74) is 2.29.